The number of nitrogens with zero attached hydrogens (tertiary/aromatic N) is 1. The summed E-state index contributed by atoms with van der Waals surface area (Å²) in [5.74, 6) is 1.39. The van der Waals surface area contributed by atoms with Gasteiger partial charge < -0.3 is 19.7 Å². The maximum Gasteiger partial charge on any atom is 0.322 e. The lowest BCUT2D eigenvalue weighted by Crippen LogP contribution is -2.38. The molecule has 2 aliphatic heterocycles. The molecule has 0 aliphatic carbocycles. The summed E-state index contributed by atoms with van der Waals surface area (Å²) in [7, 11) is 0. The number of nitrogens with one attached hydrogen (secondary N) is 1. The zero-order valence-corrected chi connectivity index (χ0v) is 15.0. The van der Waals surface area contributed by atoms with Crippen LogP contribution in [0.3, 0.4) is 0 Å². The summed E-state index contributed by atoms with van der Waals surface area (Å²) in [5.41, 5.74) is 3.17. The van der Waals surface area contributed by atoms with Gasteiger partial charge in [-0.25, -0.2) is 4.79 Å². The Morgan fingerprint density at radius 1 is 1.04 bits per heavy atom. The number of likely N-dealkylation sites (tertiary alicyclic amines) is 1. The van der Waals surface area contributed by atoms with Crippen LogP contribution in [0.15, 0.2) is 42.5 Å². The number of ether oxygens (including phenoxy) is 2. The van der Waals surface area contributed by atoms with E-state index in [1.807, 2.05) is 23.1 Å². The molecule has 5 nitrogen and oxygen atoms in total. The molecule has 26 heavy (non-hydrogen) atoms. The van der Waals surface area contributed by atoms with Gasteiger partial charge in [-0.15, -0.1) is 0 Å². The Labute approximate surface area is 153 Å². The molecular weight excluding hydrogens is 328 g/mol. The van der Waals surface area contributed by atoms with Crippen molar-refractivity contribution in [1.29, 1.82) is 0 Å². The van der Waals surface area contributed by atoms with Gasteiger partial charge in [0.1, 0.15) is 0 Å². The molecule has 2 aliphatic rings. The zero-order chi connectivity index (χ0) is 17.9. The molecule has 1 saturated heterocycles. The van der Waals surface area contributed by atoms with E-state index in [2.05, 4.69) is 36.5 Å². The first kappa shape index (κ1) is 16.8. The molecule has 2 amide bonds. The molecule has 0 aromatic heterocycles. The third-order valence-electron chi connectivity index (χ3n) is 5.10. The van der Waals surface area contributed by atoms with Crippen molar-refractivity contribution >= 4 is 11.7 Å². The fourth-order valence-electron chi connectivity index (χ4n) is 3.66. The van der Waals surface area contributed by atoms with Crippen molar-refractivity contribution < 1.29 is 14.3 Å². The fraction of sp³-hybridized carbons (Fsp3) is 0.381. The summed E-state index contributed by atoms with van der Waals surface area (Å²) in [6.45, 7) is 3.09. The molecule has 2 aromatic rings. The Hall–Kier alpha value is -2.69. The molecule has 2 heterocycles. The molecule has 0 unspecified atom stereocenters. The predicted octanol–water partition coefficient (Wildman–Crippen LogP) is 4.87. The van der Waals surface area contributed by atoms with Gasteiger partial charge in [-0.1, -0.05) is 42.7 Å². The van der Waals surface area contributed by atoms with Crippen LogP contribution in [-0.2, 0) is 0 Å². The van der Waals surface area contributed by atoms with Gasteiger partial charge in [-0.05, 0) is 37.5 Å². The highest BCUT2D eigenvalue weighted by atomic mass is 16.7. The van der Waals surface area contributed by atoms with Crippen molar-refractivity contribution in [2.75, 3.05) is 18.7 Å². The van der Waals surface area contributed by atoms with Crippen LogP contribution in [0.1, 0.15) is 42.9 Å². The van der Waals surface area contributed by atoms with E-state index in [0.29, 0.717) is 5.75 Å². The van der Waals surface area contributed by atoms with Crippen LogP contribution >= 0.6 is 0 Å². The topological polar surface area (TPSA) is 50.8 Å². The Kier molecular flexibility index (Phi) is 4.69. The van der Waals surface area contributed by atoms with Crippen molar-refractivity contribution in [2.24, 2.45) is 0 Å². The summed E-state index contributed by atoms with van der Waals surface area (Å²) < 4.78 is 10.7. The van der Waals surface area contributed by atoms with E-state index in [0.717, 1.165) is 43.7 Å². The number of urea groups is 1. The summed E-state index contributed by atoms with van der Waals surface area (Å²) in [6.07, 6.45) is 4.34. The molecule has 4 rings (SSSR count). The quantitative estimate of drug-likeness (QED) is 0.838. The molecule has 1 atom stereocenters. The number of carbonyl (C=O) groups is 1. The Morgan fingerprint density at radius 2 is 1.85 bits per heavy atom. The maximum atomic E-state index is 13.0. The maximum absolute atomic E-state index is 13.0. The van der Waals surface area contributed by atoms with Crippen molar-refractivity contribution in [3.05, 3.63) is 53.6 Å². The van der Waals surface area contributed by atoms with Crippen molar-refractivity contribution in [2.45, 2.75) is 38.6 Å². The zero-order valence-electron chi connectivity index (χ0n) is 15.0. The van der Waals surface area contributed by atoms with Crippen molar-refractivity contribution in [3.8, 4) is 11.5 Å². The van der Waals surface area contributed by atoms with Crippen LogP contribution < -0.4 is 14.8 Å². The van der Waals surface area contributed by atoms with E-state index in [-0.39, 0.29) is 18.9 Å². The smallest absolute Gasteiger partial charge is 0.322 e. The molecular formula is C21H24N2O3. The first-order valence-electron chi connectivity index (χ1n) is 9.24. The predicted molar refractivity (Wildman–Crippen MR) is 101 cm³/mol. The van der Waals surface area contributed by atoms with Crippen LogP contribution in [0.4, 0.5) is 10.5 Å². The van der Waals surface area contributed by atoms with E-state index in [9.17, 15) is 4.79 Å². The van der Waals surface area contributed by atoms with Crippen LogP contribution in [0.5, 0.6) is 11.5 Å². The van der Waals surface area contributed by atoms with E-state index < -0.39 is 0 Å². The summed E-state index contributed by atoms with van der Waals surface area (Å²) in [6, 6.07) is 14.1. The third kappa shape index (κ3) is 3.47. The molecule has 0 bridgehead atoms. The SMILES string of the molecule is Cc1ccc([C@@H]2CCCCCN2C(=O)Nc2ccc3c(c2)OCO3)cc1. The van der Waals surface area contributed by atoms with Gasteiger partial charge in [-0.3, -0.25) is 0 Å². The molecule has 5 heteroatoms. The lowest BCUT2D eigenvalue weighted by molar-refractivity contribution is 0.174. The van der Waals surface area contributed by atoms with Gasteiger partial charge in [0, 0.05) is 18.3 Å². The van der Waals surface area contributed by atoms with Crippen molar-refractivity contribution in [3.63, 3.8) is 0 Å². The van der Waals surface area contributed by atoms with Gasteiger partial charge in [-0.2, -0.15) is 0 Å². The van der Waals surface area contributed by atoms with Gasteiger partial charge in [0.2, 0.25) is 6.79 Å². The Bertz CT molecular complexity index is 788. The summed E-state index contributed by atoms with van der Waals surface area (Å²) in [4.78, 5) is 15.0. The third-order valence-corrected chi connectivity index (χ3v) is 5.10. The average molecular weight is 352 g/mol. The number of aryl methyl sites for hydroxylation is 1. The van der Waals surface area contributed by atoms with E-state index >= 15 is 0 Å². The summed E-state index contributed by atoms with van der Waals surface area (Å²) >= 11 is 0. The number of rotatable bonds is 2. The molecule has 0 saturated carbocycles. The standard InChI is InChI=1S/C21H24N2O3/c1-15-6-8-16(9-7-15)18-5-3-2-4-12-23(18)21(24)22-17-10-11-19-20(13-17)26-14-25-19/h6-11,13,18H,2-5,12,14H2,1H3,(H,22,24)/t18-/m0/s1. The Balaban J connectivity index is 1.54. The van der Waals surface area contributed by atoms with Gasteiger partial charge in [0.25, 0.3) is 0 Å². The van der Waals surface area contributed by atoms with Crippen LogP contribution in [0.2, 0.25) is 0 Å². The minimum Gasteiger partial charge on any atom is -0.454 e. The molecule has 2 aromatic carbocycles. The molecule has 1 N–H and O–H groups in total. The second-order valence-electron chi connectivity index (χ2n) is 6.97. The highest BCUT2D eigenvalue weighted by molar-refractivity contribution is 5.90. The average Bonchev–Trinajstić information content (AvgIpc) is 2.97. The minimum atomic E-state index is -0.0589. The monoisotopic (exact) mass is 352 g/mol. The lowest BCUT2D eigenvalue weighted by atomic mass is 10.00. The second-order valence-corrected chi connectivity index (χ2v) is 6.97. The fourth-order valence-corrected chi connectivity index (χ4v) is 3.66. The molecule has 1 fully saturated rings. The molecule has 0 spiro atoms. The van der Waals surface area contributed by atoms with Gasteiger partial charge >= 0.3 is 6.03 Å². The van der Waals surface area contributed by atoms with Gasteiger partial charge in [0.05, 0.1) is 6.04 Å². The molecule has 0 radical (unpaired) electrons. The van der Waals surface area contributed by atoms with E-state index in [1.54, 1.807) is 0 Å². The lowest BCUT2D eigenvalue weighted by Gasteiger charge is -2.30. The normalized spacial score (nSPS) is 19.1. The van der Waals surface area contributed by atoms with E-state index in [1.165, 1.54) is 11.1 Å². The number of fused-ring (bicyclic) bond motifs is 1. The second kappa shape index (κ2) is 7.28. The van der Waals surface area contributed by atoms with Gasteiger partial charge in [0.15, 0.2) is 11.5 Å². The highest BCUT2D eigenvalue weighted by Gasteiger charge is 2.27. The first-order valence-corrected chi connectivity index (χ1v) is 9.24. The van der Waals surface area contributed by atoms with Crippen LogP contribution in [0.25, 0.3) is 0 Å². The largest absolute Gasteiger partial charge is 0.454 e. The summed E-state index contributed by atoms with van der Waals surface area (Å²) in [5, 5.41) is 3.03. The number of carbonyl (C=O) groups excluding carboxylic acids is 1. The van der Waals surface area contributed by atoms with Crippen LogP contribution in [-0.4, -0.2) is 24.3 Å². The van der Waals surface area contributed by atoms with Crippen LogP contribution in [0, 0.1) is 6.92 Å². The first-order chi connectivity index (χ1) is 12.7. The van der Waals surface area contributed by atoms with E-state index in [4.69, 9.17) is 9.47 Å². The number of anilines is 1. The van der Waals surface area contributed by atoms with Crippen molar-refractivity contribution in [1.82, 2.24) is 4.90 Å². The number of hydrogen-bond acceptors (Lipinski definition) is 3. The number of amides is 2. The number of hydrogen-bond donors (Lipinski definition) is 1. The highest BCUT2D eigenvalue weighted by Crippen LogP contribution is 2.35. The minimum absolute atomic E-state index is 0.0589. The molecule has 136 valence electrons. The Morgan fingerprint density at radius 3 is 2.69 bits per heavy atom. The number of benzene rings is 2.